The molecule has 1 aliphatic rings. The van der Waals surface area contributed by atoms with E-state index in [2.05, 4.69) is 10.2 Å². The molecule has 0 saturated carbocycles. The average Bonchev–Trinajstić information content (AvgIpc) is 2.63. The number of hydrogen-bond donors (Lipinski definition) is 2. The zero-order valence-corrected chi connectivity index (χ0v) is 10.2. The average molecular weight is 245 g/mol. The van der Waals surface area contributed by atoms with E-state index in [1.807, 2.05) is 19.1 Å². The maximum absolute atomic E-state index is 5.84. The molecule has 94 valence electrons. The van der Waals surface area contributed by atoms with E-state index in [1.165, 1.54) is 0 Å². The van der Waals surface area contributed by atoms with Crippen molar-refractivity contribution in [2.75, 3.05) is 18.9 Å². The van der Waals surface area contributed by atoms with Crippen LogP contribution >= 0.6 is 0 Å². The molecule has 1 aromatic heterocycles. The standard InChI is InChI=1S/C13H15N3O2/c1-8-5-9(10-7-15-16-13(10)14)6-11-12(8)18-4-2-3-17-11/h5-7H,2-4H2,1H3,(H3,14,15,16). The summed E-state index contributed by atoms with van der Waals surface area (Å²) < 4.78 is 11.4. The van der Waals surface area contributed by atoms with Gasteiger partial charge in [-0.3, -0.25) is 5.10 Å². The third-order valence-corrected chi connectivity index (χ3v) is 3.01. The summed E-state index contributed by atoms with van der Waals surface area (Å²) in [5, 5.41) is 6.67. The summed E-state index contributed by atoms with van der Waals surface area (Å²) in [6.45, 7) is 3.38. The van der Waals surface area contributed by atoms with Gasteiger partial charge < -0.3 is 15.2 Å². The van der Waals surface area contributed by atoms with Crippen molar-refractivity contribution in [2.24, 2.45) is 0 Å². The fourth-order valence-electron chi connectivity index (χ4n) is 2.13. The van der Waals surface area contributed by atoms with Gasteiger partial charge in [-0.15, -0.1) is 0 Å². The molecule has 3 rings (SSSR count). The molecule has 18 heavy (non-hydrogen) atoms. The van der Waals surface area contributed by atoms with Crippen LogP contribution in [0.3, 0.4) is 0 Å². The number of nitrogens with two attached hydrogens (primary N) is 1. The number of aromatic amines is 1. The molecular formula is C13H15N3O2. The van der Waals surface area contributed by atoms with Crippen molar-refractivity contribution in [2.45, 2.75) is 13.3 Å². The highest BCUT2D eigenvalue weighted by Crippen LogP contribution is 2.38. The van der Waals surface area contributed by atoms with Gasteiger partial charge in [0.05, 0.1) is 19.4 Å². The number of fused-ring (bicyclic) bond motifs is 1. The molecule has 1 aliphatic heterocycles. The van der Waals surface area contributed by atoms with Gasteiger partial charge in [-0.25, -0.2) is 0 Å². The Labute approximate surface area is 105 Å². The number of ether oxygens (including phenoxy) is 2. The van der Waals surface area contributed by atoms with Crippen LogP contribution in [0.4, 0.5) is 5.82 Å². The van der Waals surface area contributed by atoms with Crippen LogP contribution < -0.4 is 15.2 Å². The van der Waals surface area contributed by atoms with Gasteiger partial charge in [-0.2, -0.15) is 5.10 Å². The molecule has 0 fully saturated rings. The normalized spacial score (nSPS) is 14.3. The Balaban J connectivity index is 2.11. The van der Waals surface area contributed by atoms with Crippen LogP contribution in [0.25, 0.3) is 11.1 Å². The highest BCUT2D eigenvalue weighted by atomic mass is 16.5. The summed E-state index contributed by atoms with van der Waals surface area (Å²) in [5.74, 6) is 2.17. The first kappa shape index (κ1) is 11.0. The number of nitrogens with one attached hydrogen (secondary N) is 1. The Hall–Kier alpha value is -2.17. The van der Waals surface area contributed by atoms with E-state index in [1.54, 1.807) is 6.20 Å². The summed E-state index contributed by atoms with van der Waals surface area (Å²) in [6.07, 6.45) is 2.62. The molecule has 0 saturated heterocycles. The first-order valence-corrected chi connectivity index (χ1v) is 5.95. The van der Waals surface area contributed by atoms with Crippen molar-refractivity contribution in [3.63, 3.8) is 0 Å². The fraction of sp³-hybridized carbons (Fsp3) is 0.308. The van der Waals surface area contributed by atoms with E-state index in [9.17, 15) is 0 Å². The zero-order chi connectivity index (χ0) is 12.5. The van der Waals surface area contributed by atoms with Crippen molar-refractivity contribution in [1.82, 2.24) is 10.2 Å². The van der Waals surface area contributed by atoms with Gasteiger partial charge in [0.1, 0.15) is 5.82 Å². The third kappa shape index (κ3) is 1.77. The Morgan fingerprint density at radius 2 is 2.11 bits per heavy atom. The number of H-pyrrole nitrogens is 1. The van der Waals surface area contributed by atoms with E-state index < -0.39 is 0 Å². The Bertz CT molecular complexity index is 578. The quantitative estimate of drug-likeness (QED) is 0.807. The maximum atomic E-state index is 5.84. The molecule has 0 atom stereocenters. The summed E-state index contributed by atoms with van der Waals surface area (Å²) >= 11 is 0. The third-order valence-electron chi connectivity index (χ3n) is 3.01. The molecule has 0 bridgehead atoms. The lowest BCUT2D eigenvalue weighted by atomic mass is 10.0. The highest BCUT2D eigenvalue weighted by molar-refractivity contribution is 5.76. The number of hydrogen-bond acceptors (Lipinski definition) is 4. The number of rotatable bonds is 1. The molecule has 5 nitrogen and oxygen atoms in total. The highest BCUT2D eigenvalue weighted by Gasteiger charge is 2.16. The van der Waals surface area contributed by atoms with Gasteiger partial charge in [0.15, 0.2) is 11.5 Å². The largest absolute Gasteiger partial charge is 0.490 e. The molecule has 3 N–H and O–H groups in total. The molecule has 0 unspecified atom stereocenters. The topological polar surface area (TPSA) is 73.2 Å². The van der Waals surface area contributed by atoms with Crippen LogP contribution in [-0.4, -0.2) is 23.4 Å². The van der Waals surface area contributed by atoms with Gasteiger partial charge >= 0.3 is 0 Å². The van der Waals surface area contributed by atoms with E-state index in [4.69, 9.17) is 15.2 Å². The second-order valence-electron chi connectivity index (χ2n) is 4.37. The maximum Gasteiger partial charge on any atom is 0.164 e. The molecule has 5 heteroatoms. The molecule has 0 amide bonds. The number of nitrogen functional groups attached to an aromatic ring is 1. The van der Waals surface area contributed by atoms with Crippen LogP contribution in [0, 0.1) is 6.92 Å². The smallest absolute Gasteiger partial charge is 0.164 e. The van der Waals surface area contributed by atoms with Crippen LogP contribution in [0.2, 0.25) is 0 Å². The number of benzene rings is 1. The van der Waals surface area contributed by atoms with Crippen molar-refractivity contribution in [3.05, 3.63) is 23.9 Å². The van der Waals surface area contributed by atoms with Crippen molar-refractivity contribution in [1.29, 1.82) is 0 Å². The van der Waals surface area contributed by atoms with Gasteiger partial charge in [-0.1, -0.05) is 0 Å². The lowest BCUT2D eigenvalue weighted by Gasteiger charge is -2.12. The number of aryl methyl sites for hydroxylation is 1. The molecule has 1 aromatic carbocycles. The van der Waals surface area contributed by atoms with Crippen LogP contribution in [0.15, 0.2) is 18.3 Å². The van der Waals surface area contributed by atoms with Crippen LogP contribution in [0.5, 0.6) is 11.5 Å². The van der Waals surface area contributed by atoms with Crippen LogP contribution in [-0.2, 0) is 0 Å². The number of nitrogens with zero attached hydrogens (tertiary/aromatic N) is 1. The van der Waals surface area contributed by atoms with Crippen molar-refractivity contribution >= 4 is 5.82 Å². The molecule has 0 radical (unpaired) electrons. The van der Waals surface area contributed by atoms with Gasteiger partial charge in [-0.05, 0) is 30.2 Å². The number of aromatic nitrogens is 2. The Morgan fingerprint density at radius 3 is 2.89 bits per heavy atom. The van der Waals surface area contributed by atoms with Crippen molar-refractivity contribution < 1.29 is 9.47 Å². The van der Waals surface area contributed by atoms with E-state index in [0.717, 1.165) is 34.6 Å². The van der Waals surface area contributed by atoms with E-state index in [0.29, 0.717) is 19.0 Å². The minimum Gasteiger partial charge on any atom is -0.490 e. The van der Waals surface area contributed by atoms with E-state index >= 15 is 0 Å². The number of anilines is 1. The van der Waals surface area contributed by atoms with Gasteiger partial charge in [0, 0.05) is 12.0 Å². The molecule has 2 aromatic rings. The Kier molecular flexibility index (Phi) is 2.59. The minimum absolute atomic E-state index is 0.559. The monoisotopic (exact) mass is 245 g/mol. The van der Waals surface area contributed by atoms with Crippen molar-refractivity contribution in [3.8, 4) is 22.6 Å². The second-order valence-corrected chi connectivity index (χ2v) is 4.37. The van der Waals surface area contributed by atoms with Gasteiger partial charge in [0.25, 0.3) is 0 Å². The van der Waals surface area contributed by atoms with E-state index in [-0.39, 0.29) is 0 Å². The first-order valence-electron chi connectivity index (χ1n) is 5.95. The summed E-state index contributed by atoms with van der Waals surface area (Å²) in [7, 11) is 0. The molecule has 2 heterocycles. The lowest BCUT2D eigenvalue weighted by molar-refractivity contribution is 0.296. The molecular weight excluding hydrogens is 230 g/mol. The fourth-order valence-corrected chi connectivity index (χ4v) is 2.13. The SMILES string of the molecule is Cc1cc(-c2cn[nH]c2N)cc2c1OCCCO2. The van der Waals surface area contributed by atoms with Gasteiger partial charge in [0.2, 0.25) is 0 Å². The minimum atomic E-state index is 0.559. The van der Waals surface area contributed by atoms with Crippen LogP contribution in [0.1, 0.15) is 12.0 Å². The summed E-state index contributed by atoms with van der Waals surface area (Å²) in [5.41, 5.74) is 8.76. The Morgan fingerprint density at radius 1 is 1.28 bits per heavy atom. The predicted molar refractivity (Wildman–Crippen MR) is 68.8 cm³/mol. The molecule has 0 spiro atoms. The lowest BCUT2D eigenvalue weighted by Crippen LogP contribution is -1.97. The summed E-state index contributed by atoms with van der Waals surface area (Å²) in [6, 6.07) is 3.99. The zero-order valence-electron chi connectivity index (χ0n) is 10.2. The second kappa shape index (κ2) is 4.25. The summed E-state index contributed by atoms with van der Waals surface area (Å²) in [4.78, 5) is 0. The first-order chi connectivity index (χ1) is 8.75. The molecule has 0 aliphatic carbocycles. The predicted octanol–water partition coefficient (Wildman–Crippen LogP) is 2.13.